The Balaban J connectivity index is 1.22. The van der Waals surface area contributed by atoms with Crippen LogP contribution in [0.4, 0.5) is 0 Å². The monoisotopic (exact) mass is 434 g/mol. The Bertz CT molecular complexity index is 918. The molecule has 0 aromatic heterocycles. The van der Waals surface area contributed by atoms with E-state index in [-0.39, 0.29) is 12.0 Å². The number of morpholine rings is 1. The summed E-state index contributed by atoms with van der Waals surface area (Å²) in [7, 11) is 1.67. The molecule has 1 spiro atoms. The van der Waals surface area contributed by atoms with Gasteiger partial charge in [-0.1, -0.05) is 42.5 Å². The van der Waals surface area contributed by atoms with E-state index in [2.05, 4.69) is 54.3 Å². The Morgan fingerprint density at radius 1 is 1.06 bits per heavy atom. The van der Waals surface area contributed by atoms with Crippen molar-refractivity contribution in [1.29, 1.82) is 0 Å². The molecular formula is C27H34N2O3. The summed E-state index contributed by atoms with van der Waals surface area (Å²) in [6, 6.07) is 19.3. The number of methoxy groups -OCH3 is 1. The van der Waals surface area contributed by atoms with Gasteiger partial charge in [0, 0.05) is 19.1 Å². The second-order valence-electron chi connectivity index (χ2n) is 9.64. The molecule has 32 heavy (non-hydrogen) atoms. The lowest BCUT2D eigenvalue weighted by Gasteiger charge is -2.44. The number of nitrogens with zero attached hydrogens (tertiary/aromatic N) is 2. The van der Waals surface area contributed by atoms with Crippen LogP contribution in [0.25, 0.3) is 0 Å². The summed E-state index contributed by atoms with van der Waals surface area (Å²) in [5, 5.41) is 0. The van der Waals surface area contributed by atoms with E-state index < -0.39 is 5.60 Å². The molecule has 1 saturated carbocycles. The van der Waals surface area contributed by atoms with Crippen molar-refractivity contribution in [2.45, 2.75) is 56.9 Å². The van der Waals surface area contributed by atoms with Crippen LogP contribution in [0.2, 0.25) is 0 Å². The molecule has 2 saturated heterocycles. The fraction of sp³-hybridized carbons (Fsp3) is 0.519. The van der Waals surface area contributed by atoms with E-state index >= 15 is 0 Å². The zero-order valence-electron chi connectivity index (χ0n) is 19.2. The van der Waals surface area contributed by atoms with E-state index in [1.54, 1.807) is 7.11 Å². The Kier molecular flexibility index (Phi) is 5.95. The summed E-state index contributed by atoms with van der Waals surface area (Å²) < 4.78 is 11.8. The first kappa shape index (κ1) is 21.5. The van der Waals surface area contributed by atoms with Crippen molar-refractivity contribution in [3.63, 3.8) is 0 Å². The van der Waals surface area contributed by atoms with Crippen LogP contribution in [-0.2, 0) is 16.1 Å². The minimum Gasteiger partial charge on any atom is -0.497 e. The maximum absolute atomic E-state index is 13.1. The number of carbonyl (C=O) groups is 1. The average Bonchev–Trinajstić information content (AvgIpc) is 3.63. The van der Waals surface area contributed by atoms with Gasteiger partial charge in [0.25, 0.3) is 5.91 Å². The lowest BCUT2D eigenvalue weighted by molar-refractivity contribution is -0.176. The highest BCUT2D eigenvalue weighted by Gasteiger charge is 2.58. The third-order valence-corrected chi connectivity index (χ3v) is 7.62. The average molecular weight is 435 g/mol. The number of likely N-dealkylation sites (tertiary alicyclic amines) is 1. The molecule has 0 radical (unpaired) electrons. The maximum Gasteiger partial charge on any atom is 0.255 e. The minimum absolute atomic E-state index is 0.141. The molecule has 5 nitrogen and oxygen atoms in total. The maximum atomic E-state index is 13.1. The molecular weight excluding hydrogens is 400 g/mol. The summed E-state index contributed by atoms with van der Waals surface area (Å²) in [6.07, 6.45) is 4.13. The number of hydrogen-bond donors (Lipinski definition) is 0. The molecule has 0 N–H and O–H groups in total. The molecule has 1 aliphatic carbocycles. The van der Waals surface area contributed by atoms with Gasteiger partial charge in [-0.2, -0.15) is 0 Å². The zero-order chi connectivity index (χ0) is 22.1. The molecule has 5 heteroatoms. The Morgan fingerprint density at radius 3 is 2.38 bits per heavy atom. The predicted octanol–water partition coefficient (Wildman–Crippen LogP) is 4.43. The molecule has 2 atom stereocenters. The Labute approximate surface area is 191 Å². The first-order valence-corrected chi connectivity index (χ1v) is 12.0. The van der Waals surface area contributed by atoms with Crippen LogP contribution >= 0.6 is 0 Å². The Morgan fingerprint density at radius 2 is 1.75 bits per heavy atom. The van der Waals surface area contributed by atoms with Crippen molar-refractivity contribution < 1.29 is 14.3 Å². The van der Waals surface area contributed by atoms with Gasteiger partial charge in [0.05, 0.1) is 13.2 Å². The summed E-state index contributed by atoms with van der Waals surface area (Å²) >= 11 is 0. The number of piperidine rings is 1. The highest BCUT2D eigenvalue weighted by molar-refractivity contribution is 5.89. The van der Waals surface area contributed by atoms with Gasteiger partial charge in [0.15, 0.2) is 0 Å². The molecule has 2 aromatic carbocycles. The van der Waals surface area contributed by atoms with E-state index in [0.29, 0.717) is 25.0 Å². The van der Waals surface area contributed by atoms with Crippen molar-refractivity contribution in [2.24, 2.45) is 5.92 Å². The van der Waals surface area contributed by atoms with Crippen LogP contribution in [0.15, 0.2) is 54.6 Å². The third kappa shape index (κ3) is 4.28. The highest BCUT2D eigenvalue weighted by Crippen LogP contribution is 2.47. The number of ether oxygens (including phenoxy) is 2. The van der Waals surface area contributed by atoms with Crippen LogP contribution in [-0.4, -0.2) is 54.2 Å². The molecule has 170 valence electrons. The number of rotatable bonds is 6. The molecule has 2 heterocycles. The van der Waals surface area contributed by atoms with E-state index in [1.807, 2.05) is 17.0 Å². The van der Waals surface area contributed by atoms with Gasteiger partial charge in [0.2, 0.25) is 0 Å². The second-order valence-corrected chi connectivity index (χ2v) is 9.64. The van der Waals surface area contributed by atoms with Crippen LogP contribution in [0, 0.1) is 5.92 Å². The molecule has 3 aliphatic rings. The minimum atomic E-state index is -0.538. The van der Waals surface area contributed by atoms with Gasteiger partial charge in [-0.3, -0.25) is 9.69 Å². The first-order valence-electron chi connectivity index (χ1n) is 12.0. The van der Waals surface area contributed by atoms with Gasteiger partial charge in [-0.25, -0.2) is 0 Å². The quantitative estimate of drug-likeness (QED) is 0.675. The van der Waals surface area contributed by atoms with Gasteiger partial charge in [-0.05, 0) is 74.9 Å². The normalized spacial score (nSPS) is 24.5. The largest absolute Gasteiger partial charge is 0.497 e. The SMILES string of the molecule is COc1ccc(CN2CC(C3CCN(C(C)c4ccccc4)CC3)OC3(CC3)C2=O)cc1. The smallest absolute Gasteiger partial charge is 0.255 e. The van der Waals surface area contributed by atoms with Crippen molar-refractivity contribution in [3.8, 4) is 5.75 Å². The van der Waals surface area contributed by atoms with Crippen molar-refractivity contribution in [3.05, 3.63) is 65.7 Å². The number of benzene rings is 2. The molecule has 1 amide bonds. The topological polar surface area (TPSA) is 42.0 Å². The third-order valence-electron chi connectivity index (χ3n) is 7.62. The van der Waals surface area contributed by atoms with Gasteiger partial charge >= 0.3 is 0 Å². The Hall–Kier alpha value is -2.37. The number of carbonyl (C=O) groups excluding carboxylic acids is 1. The summed E-state index contributed by atoms with van der Waals surface area (Å²) in [5.74, 6) is 1.54. The van der Waals surface area contributed by atoms with Crippen molar-refractivity contribution in [1.82, 2.24) is 9.80 Å². The van der Waals surface area contributed by atoms with Crippen molar-refractivity contribution in [2.75, 3.05) is 26.7 Å². The molecule has 3 fully saturated rings. The lowest BCUT2D eigenvalue weighted by Crippen LogP contribution is -2.56. The highest BCUT2D eigenvalue weighted by atomic mass is 16.5. The van der Waals surface area contributed by atoms with Crippen molar-refractivity contribution >= 4 is 5.91 Å². The van der Waals surface area contributed by atoms with Crippen LogP contribution in [0.3, 0.4) is 0 Å². The number of hydrogen-bond acceptors (Lipinski definition) is 4. The predicted molar refractivity (Wildman–Crippen MR) is 124 cm³/mol. The van der Waals surface area contributed by atoms with E-state index in [0.717, 1.165) is 50.1 Å². The fourth-order valence-corrected chi connectivity index (χ4v) is 5.36. The molecule has 2 aromatic rings. The molecule has 2 aliphatic heterocycles. The van der Waals surface area contributed by atoms with Crippen LogP contribution in [0.1, 0.15) is 49.8 Å². The standard InChI is InChI=1S/C27H34N2O3/c1-20(22-6-4-3-5-7-22)28-16-12-23(13-17-28)25-19-29(26(30)27(32-25)14-15-27)18-21-8-10-24(31-2)11-9-21/h3-11,20,23,25H,12-19H2,1-2H3. The second kappa shape index (κ2) is 8.87. The van der Waals surface area contributed by atoms with Crippen LogP contribution < -0.4 is 4.74 Å². The molecule has 2 unspecified atom stereocenters. The fourth-order valence-electron chi connectivity index (χ4n) is 5.36. The zero-order valence-corrected chi connectivity index (χ0v) is 19.2. The van der Waals surface area contributed by atoms with Gasteiger partial charge in [-0.15, -0.1) is 0 Å². The van der Waals surface area contributed by atoms with Crippen LogP contribution in [0.5, 0.6) is 5.75 Å². The summed E-state index contributed by atoms with van der Waals surface area (Å²) in [6.45, 7) is 5.82. The van der Waals surface area contributed by atoms with E-state index in [9.17, 15) is 4.79 Å². The first-order chi connectivity index (χ1) is 15.6. The van der Waals surface area contributed by atoms with E-state index in [4.69, 9.17) is 9.47 Å². The van der Waals surface area contributed by atoms with E-state index in [1.165, 1.54) is 5.56 Å². The summed E-state index contributed by atoms with van der Waals surface area (Å²) in [4.78, 5) is 17.8. The lowest BCUT2D eigenvalue weighted by atomic mass is 9.88. The van der Waals surface area contributed by atoms with Gasteiger partial charge in [0.1, 0.15) is 11.4 Å². The van der Waals surface area contributed by atoms with Gasteiger partial charge < -0.3 is 14.4 Å². The summed E-state index contributed by atoms with van der Waals surface area (Å²) in [5.41, 5.74) is 1.99. The molecule has 5 rings (SSSR count). The number of amides is 1. The molecule has 0 bridgehead atoms.